The van der Waals surface area contributed by atoms with Crippen LogP contribution in [0.25, 0.3) is 5.69 Å². The number of nitrogens with zero attached hydrogens (tertiary/aromatic N) is 7. The van der Waals surface area contributed by atoms with Gasteiger partial charge in [0.25, 0.3) is 0 Å². The Kier molecular flexibility index (Phi) is 5.53. The number of aromatic nitrogens is 4. The van der Waals surface area contributed by atoms with E-state index >= 15 is 0 Å². The van der Waals surface area contributed by atoms with Gasteiger partial charge in [0.15, 0.2) is 17.4 Å². The minimum Gasteiger partial charge on any atom is -0.493 e. The van der Waals surface area contributed by atoms with E-state index in [9.17, 15) is 17.6 Å². The number of hydrogen-bond acceptors (Lipinski definition) is 7. The number of benzene rings is 1. The summed E-state index contributed by atoms with van der Waals surface area (Å²) in [5.41, 5.74) is 1.42. The minimum atomic E-state index is -4.38. The van der Waals surface area contributed by atoms with Crippen LogP contribution < -0.4 is 14.5 Å². The Morgan fingerprint density at radius 3 is 2.49 bits per heavy atom. The maximum atomic E-state index is 13.6. The van der Waals surface area contributed by atoms with Gasteiger partial charge in [0.05, 0.1) is 25.5 Å². The molecule has 5 heterocycles. The van der Waals surface area contributed by atoms with Crippen molar-refractivity contribution in [3.8, 4) is 11.4 Å². The maximum absolute atomic E-state index is 13.6. The number of rotatable bonds is 4. The molecule has 0 aliphatic carbocycles. The van der Waals surface area contributed by atoms with E-state index < -0.39 is 18.0 Å². The third kappa shape index (κ3) is 4.06. The summed E-state index contributed by atoms with van der Waals surface area (Å²) < 4.78 is 61.4. The highest BCUT2D eigenvalue weighted by Crippen LogP contribution is 2.45. The molecule has 3 aliphatic rings. The molecule has 0 N–H and O–H groups in total. The van der Waals surface area contributed by atoms with Crippen LogP contribution in [0.5, 0.6) is 5.75 Å². The molecule has 13 heteroatoms. The first kappa shape index (κ1) is 24.2. The summed E-state index contributed by atoms with van der Waals surface area (Å²) >= 11 is 6.22. The van der Waals surface area contributed by atoms with Crippen LogP contribution in [0.2, 0.25) is 5.02 Å². The molecule has 2 aromatic heterocycles. The first-order valence-electron chi connectivity index (χ1n) is 11.8. The van der Waals surface area contributed by atoms with Gasteiger partial charge in [-0.1, -0.05) is 11.6 Å². The van der Waals surface area contributed by atoms with Crippen molar-refractivity contribution < 1.29 is 22.3 Å². The van der Waals surface area contributed by atoms with Crippen LogP contribution in [-0.4, -0.2) is 70.2 Å². The molecule has 2 saturated heterocycles. The average Bonchev–Trinajstić information content (AvgIpc) is 3.11. The molecule has 1 spiro atoms. The first-order chi connectivity index (χ1) is 17.6. The number of halogens is 5. The zero-order chi connectivity index (χ0) is 26.1. The molecule has 6 rings (SSSR count). The van der Waals surface area contributed by atoms with Crippen LogP contribution in [-0.2, 0) is 13.1 Å². The van der Waals surface area contributed by atoms with Crippen LogP contribution in [0, 0.1) is 11.2 Å². The van der Waals surface area contributed by atoms with Crippen molar-refractivity contribution in [2.75, 3.05) is 43.1 Å². The van der Waals surface area contributed by atoms with Crippen molar-refractivity contribution in [3.63, 3.8) is 0 Å². The topological polar surface area (TPSA) is 62.6 Å². The van der Waals surface area contributed by atoms with Gasteiger partial charge in [-0.15, -0.1) is 10.2 Å². The zero-order valence-electron chi connectivity index (χ0n) is 20.1. The van der Waals surface area contributed by atoms with Crippen molar-refractivity contribution in [1.29, 1.82) is 0 Å². The number of pyridine rings is 1. The molecule has 0 bridgehead atoms. The monoisotopic (exact) mass is 537 g/mol. The summed E-state index contributed by atoms with van der Waals surface area (Å²) in [5.74, 6) is 1.59. The third-order valence-electron chi connectivity index (χ3n) is 7.44. The fourth-order valence-corrected chi connectivity index (χ4v) is 5.71. The van der Waals surface area contributed by atoms with E-state index in [2.05, 4.69) is 20.1 Å². The molecular weight excluding hydrogens is 514 g/mol. The quantitative estimate of drug-likeness (QED) is 0.465. The Morgan fingerprint density at radius 2 is 1.78 bits per heavy atom. The molecule has 8 nitrogen and oxygen atoms in total. The smallest absolute Gasteiger partial charge is 0.403 e. The molecule has 2 fully saturated rings. The second-order valence-electron chi connectivity index (χ2n) is 10.0. The SMILES string of the molecule is COc1cc(F)cnc1N1CC2(C1)CN(c1nnc3n1-c1ccc(Cl)cc1CN(C(C)C(F)(F)F)C3)C2. The lowest BCUT2D eigenvalue weighted by molar-refractivity contribution is -0.182. The summed E-state index contributed by atoms with van der Waals surface area (Å²) in [6.07, 6.45) is -3.20. The number of methoxy groups -OCH3 is 1. The fourth-order valence-electron chi connectivity index (χ4n) is 5.52. The van der Waals surface area contributed by atoms with E-state index in [4.69, 9.17) is 16.3 Å². The first-order valence-corrected chi connectivity index (χ1v) is 12.2. The normalized spacial score (nSPS) is 19.5. The van der Waals surface area contributed by atoms with E-state index in [0.717, 1.165) is 25.7 Å². The van der Waals surface area contributed by atoms with Gasteiger partial charge in [0.2, 0.25) is 5.95 Å². The Bertz CT molecular complexity index is 1350. The molecule has 0 saturated carbocycles. The Labute approximate surface area is 215 Å². The van der Waals surface area contributed by atoms with Crippen LogP contribution in [0.3, 0.4) is 0 Å². The Balaban J connectivity index is 1.24. The van der Waals surface area contributed by atoms with Gasteiger partial charge in [-0.3, -0.25) is 9.47 Å². The Morgan fingerprint density at radius 1 is 1.05 bits per heavy atom. The fraction of sp³-hybridized carbons (Fsp3) is 0.458. The van der Waals surface area contributed by atoms with Crippen molar-refractivity contribution >= 4 is 23.4 Å². The second-order valence-corrected chi connectivity index (χ2v) is 10.5. The predicted molar refractivity (Wildman–Crippen MR) is 129 cm³/mol. The van der Waals surface area contributed by atoms with E-state index in [-0.39, 0.29) is 18.5 Å². The molecule has 0 amide bonds. The van der Waals surface area contributed by atoms with E-state index in [0.29, 0.717) is 47.0 Å². The predicted octanol–water partition coefficient (Wildman–Crippen LogP) is 4.06. The standard InChI is InChI=1S/C24H24ClF4N7O/c1-14(24(27,28)29)33-8-15-5-16(25)3-4-18(15)36-20(9-33)31-32-22(36)35-12-23(13-35)10-34(11-23)21-19(37-2)6-17(26)7-30-21/h3-7,14H,8-13H2,1-2H3. The molecule has 196 valence electrons. The average molecular weight is 538 g/mol. The molecule has 1 aromatic carbocycles. The highest BCUT2D eigenvalue weighted by molar-refractivity contribution is 6.30. The van der Waals surface area contributed by atoms with Crippen molar-refractivity contribution in [2.24, 2.45) is 5.41 Å². The lowest BCUT2D eigenvalue weighted by Crippen LogP contribution is -2.73. The van der Waals surface area contributed by atoms with Crippen molar-refractivity contribution in [2.45, 2.75) is 32.2 Å². The summed E-state index contributed by atoms with van der Waals surface area (Å²) in [6, 6.07) is 4.90. The number of hydrogen-bond donors (Lipinski definition) is 0. The maximum Gasteiger partial charge on any atom is 0.403 e. The minimum absolute atomic E-state index is 0.00275. The van der Waals surface area contributed by atoms with Gasteiger partial charge in [-0.25, -0.2) is 9.37 Å². The third-order valence-corrected chi connectivity index (χ3v) is 7.68. The lowest BCUT2D eigenvalue weighted by Gasteiger charge is -2.60. The lowest BCUT2D eigenvalue weighted by atomic mass is 9.73. The van der Waals surface area contributed by atoms with Gasteiger partial charge < -0.3 is 14.5 Å². The second kappa shape index (κ2) is 8.45. The van der Waals surface area contributed by atoms with Crippen molar-refractivity contribution in [1.82, 2.24) is 24.6 Å². The molecule has 3 aromatic rings. The summed E-state index contributed by atoms with van der Waals surface area (Å²) in [7, 11) is 1.49. The van der Waals surface area contributed by atoms with Crippen LogP contribution in [0.15, 0.2) is 30.5 Å². The molecule has 1 atom stereocenters. The summed E-state index contributed by atoms with van der Waals surface area (Å²) in [6.45, 7) is 4.11. The van der Waals surface area contributed by atoms with Gasteiger partial charge in [0, 0.05) is 49.2 Å². The van der Waals surface area contributed by atoms with Gasteiger partial charge in [-0.2, -0.15) is 13.2 Å². The molecular formula is C24H24ClF4N7O. The Hall–Kier alpha value is -3.12. The zero-order valence-corrected chi connectivity index (χ0v) is 20.9. The summed E-state index contributed by atoms with van der Waals surface area (Å²) in [4.78, 5) is 9.67. The number of anilines is 2. The highest BCUT2D eigenvalue weighted by Gasteiger charge is 2.54. The van der Waals surface area contributed by atoms with Gasteiger partial charge in [0.1, 0.15) is 11.9 Å². The largest absolute Gasteiger partial charge is 0.493 e. The van der Waals surface area contributed by atoms with E-state index in [1.165, 1.54) is 24.3 Å². The number of fused-ring (bicyclic) bond motifs is 3. The van der Waals surface area contributed by atoms with Crippen LogP contribution >= 0.6 is 11.6 Å². The molecule has 3 aliphatic heterocycles. The van der Waals surface area contributed by atoms with Crippen LogP contribution in [0.1, 0.15) is 18.3 Å². The van der Waals surface area contributed by atoms with Gasteiger partial charge in [-0.05, 0) is 30.7 Å². The number of alkyl halides is 3. The van der Waals surface area contributed by atoms with E-state index in [1.54, 1.807) is 12.1 Å². The molecule has 37 heavy (non-hydrogen) atoms. The van der Waals surface area contributed by atoms with Crippen LogP contribution in [0.4, 0.5) is 29.3 Å². The van der Waals surface area contributed by atoms with Gasteiger partial charge >= 0.3 is 6.18 Å². The summed E-state index contributed by atoms with van der Waals surface area (Å²) in [5, 5.41) is 9.14. The highest BCUT2D eigenvalue weighted by atomic mass is 35.5. The van der Waals surface area contributed by atoms with Crippen molar-refractivity contribution in [3.05, 3.63) is 52.7 Å². The molecule has 1 unspecified atom stereocenters. The molecule has 0 radical (unpaired) electrons. The number of ether oxygens (including phenoxy) is 1. The van der Waals surface area contributed by atoms with E-state index in [1.807, 2.05) is 15.5 Å².